The Morgan fingerprint density at radius 3 is 2.46 bits per heavy atom. The van der Waals surface area contributed by atoms with Crippen molar-refractivity contribution in [1.82, 2.24) is 4.90 Å². The molecule has 1 spiro atoms. The molecule has 1 unspecified atom stereocenters. The Balaban J connectivity index is 1.73. The van der Waals surface area contributed by atoms with Gasteiger partial charge in [0, 0.05) is 42.4 Å². The highest BCUT2D eigenvalue weighted by Crippen LogP contribution is 2.60. The number of halogens is 1. The Kier molecular flexibility index (Phi) is 8.30. The Bertz CT molecular complexity index is 1030. The molecule has 2 amide bonds. The van der Waals surface area contributed by atoms with E-state index in [9.17, 15) is 19.5 Å². The minimum atomic E-state index is -1.19. The molecule has 3 aliphatic heterocycles. The molecule has 37 heavy (non-hydrogen) atoms. The van der Waals surface area contributed by atoms with Crippen molar-refractivity contribution in [3.63, 3.8) is 0 Å². The lowest BCUT2D eigenvalue weighted by atomic mass is 9.70. The van der Waals surface area contributed by atoms with Gasteiger partial charge in [0.25, 0.3) is 5.91 Å². The minimum Gasteiger partial charge on any atom is -0.466 e. The maximum Gasteiger partial charge on any atom is 0.312 e. The molecule has 1 N–H and O–H groups in total. The monoisotopic (exact) mass is 577 g/mol. The summed E-state index contributed by atoms with van der Waals surface area (Å²) in [5.74, 6) is -2.84. The second kappa shape index (κ2) is 11.1. The van der Waals surface area contributed by atoms with Crippen LogP contribution in [0.1, 0.15) is 27.2 Å². The van der Waals surface area contributed by atoms with Crippen LogP contribution in [0, 0.1) is 11.8 Å². The zero-order valence-electron chi connectivity index (χ0n) is 21.6. The van der Waals surface area contributed by atoms with Gasteiger partial charge < -0.3 is 29.3 Å². The number of esters is 1. The Morgan fingerprint density at radius 1 is 1.24 bits per heavy atom. The molecule has 1 aromatic carbocycles. The average molecular weight is 579 g/mol. The van der Waals surface area contributed by atoms with Gasteiger partial charge in [0.1, 0.15) is 11.6 Å². The number of likely N-dealkylation sites (tertiary alicyclic amines) is 1. The van der Waals surface area contributed by atoms with E-state index in [4.69, 9.17) is 9.47 Å². The first-order chi connectivity index (χ1) is 17.8. The SMILES string of the molecule is C=CCN(C(=O)[C@@H]1N(CCO)C(=O)[C@H]2[C@H](C(=O)OCC)[C@H]3O[C@@]12CC3Br)c1ccc(N(CC)CC)cc1. The summed E-state index contributed by atoms with van der Waals surface area (Å²) in [4.78, 5) is 46.0. The van der Waals surface area contributed by atoms with Crippen LogP contribution < -0.4 is 9.80 Å². The number of β-amino-alcohol motifs (C(OH)–C–C–N with tert-alkyl or cyclic N) is 1. The number of carbonyl (C=O) groups is 3. The standard InChI is InChI=1S/C27H36BrN3O6/c1-5-13-30(18-11-9-17(10-12-18)29(6-2)7-3)25(34)23-27-16-19(28)22(37-27)20(26(35)36-8-4)21(27)24(33)31(23)14-15-32/h5,9-12,19-23,32H,1,6-8,13-16H2,2-4H3/t19?,20-,21+,22-,23-,27+/m0/s1. The van der Waals surface area contributed by atoms with Gasteiger partial charge in [0.2, 0.25) is 5.91 Å². The third-order valence-corrected chi connectivity index (χ3v) is 8.64. The number of benzene rings is 1. The van der Waals surface area contributed by atoms with E-state index >= 15 is 0 Å². The first kappa shape index (κ1) is 27.6. The van der Waals surface area contributed by atoms with Crippen molar-refractivity contribution in [2.45, 2.75) is 49.8 Å². The minimum absolute atomic E-state index is 0.0349. The fraction of sp³-hybridized carbons (Fsp3) is 0.593. The molecular weight excluding hydrogens is 542 g/mol. The van der Waals surface area contributed by atoms with Gasteiger partial charge in [-0.1, -0.05) is 22.0 Å². The summed E-state index contributed by atoms with van der Waals surface area (Å²) in [5.41, 5.74) is 0.524. The molecule has 3 saturated heterocycles. The van der Waals surface area contributed by atoms with Gasteiger partial charge in [-0.15, -0.1) is 6.58 Å². The van der Waals surface area contributed by atoms with E-state index in [1.807, 2.05) is 24.3 Å². The molecule has 0 saturated carbocycles. The fourth-order valence-electron chi connectivity index (χ4n) is 6.30. The number of alkyl halides is 1. The number of ether oxygens (including phenoxy) is 2. The Labute approximate surface area is 226 Å². The second-order valence-electron chi connectivity index (χ2n) is 9.60. The summed E-state index contributed by atoms with van der Waals surface area (Å²) in [6.07, 6.45) is 1.46. The van der Waals surface area contributed by atoms with Crippen LogP contribution in [0.3, 0.4) is 0 Å². The molecule has 202 valence electrons. The summed E-state index contributed by atoms with van der Waals surface area (Å²) >= 11 is 3.63. The first-order valence-corrected chi connectivity index (χ1v) is 13.9. The molecular formula is C27H36BrN3O6. The summed E-state index contributed by atoms with van der Waals surface area (Å²) in [6, 6.07) is 6.73. The van der Waals surface area contributed by atoms with E-state index in [1.54, 1.807) is 17.9 Å². The second-order valence-corrected chi connectivity index (χ2v) is 10.8. The van der Waals surface area contributed by atoms with E-state index in [2.05, 4.69) is 41.3 Å². The number of hydrogen-bond acceptors (Lipinski definition) is 7. The number of rotatable bonds is 11. The Hall–Kier alpha value is -2.43. The van der Waals surface area contributed by atoms with Crippen molar-refractivity contribution in [1.29, 1.82) is 0 Å². The molecule has 4 rings (SSSR count). The van der Waals surface area contributed by atoms with Gasteiger partial charge in [-0.2, -0.15) is 0 Å². The Morgan fingerprint density at radius 2 is 1.89 bits per heavy atom. The zero-order valence-corrected chi connectivity index (χ0v) is 23.2. The van der Waals surface area contributed by atoms with Crippen molar-refractivity contribution in [2.75, 3.05) is 49.2 Å². The van der Waals surface area contributed by atoms with Crippen LogP contribution >= 0.6 is 15.9 Å². The first-order valence-electron chi connectivity index (χ1n) is 13.0. The van der Waals surface area contributed by atoms with Crippen molar-refractivity contribution < 1.29 is 29.0 Å². The zero-order chi connectivity index (χ0) is 26.9. The summed E-state index contributed by atoms with van der Waals surface area (Å²) in [6.45, 7) is 11.5. The molecule has 0 aromatic heterocycles. The third-order valence-electron chi connectivity index (χ3n) is 7.79. The lowest BCUT2D eigenvalue weighted by molar-refractivity contribution is -0.154. The number of hydrogen-bond donors (Lipinski definition) is 1. The van der Waals surface area contributed by atoms with Crippen molar-refractivity contribution in [3.8, 4) is 0 Å². The van der Waals surface area contributed by atoms with Crippen LogP contribution in [-0.4, -0.2) is 89.8 Å². The lowest BCUT2D eigenvalue weighted by Gasteiger charge is -2.37. The number of aliphatic hydroxyl groups is 1. The smallest absolute Gasteiger partial charge is 0.312 e. The molecule has 10 heteroatoms. The number of nitrogens with zero attached hydrogens (tertiary/aromatic N) is 3. The highest BCUT2D eigenvalue weighted by Gasteiger charge is 2.77. The molecule has 3 aliphatic rings. The largest absolute Gasteiger partial charge is 0.466 e. The van der Waals surface area contributed by atoms with E-state index in [-0.39, 0.29) is 42.9 Å². The summed E-state index contributed by atoms with van der Waals surface area (Å²) < 4.78 is 11.7. The van der Waals surface area contributed by atoms with Crippen molar-refractivity contribution >= 4 is 45.1 Å². The molecule has 0 aliphatic carbocycles. The average Bonchev–Trinajstić information content (AvgIpc) is 3.47. The number of fused-ring (bicyclic) bond motifs is 1. The van der Waals surface area contributed by atoms with E-state index in [0.717, 1.165) is 18.8 Å². The van der Waals surface area contributed by atoms with E-state index in [0.29, 0.717) is 12.1 Å². The third kappa shape index (κ3) is 4.46. The van der Waals surface area contributed by atoms with E-state index < -0.39 is 35.6 Å². The predicted octanol–water partition coefficient (Wildman–Crippen LogP) is 2.36. The molecule has 3 fully saturated rings. The van der Waals surface area contributed by atoms with Crippen LogP contribution in [0.2, 0.25) is 0 Å². The molecule has 2 bridgehead atoms. The fourth-order valence-corrected chi connectivity index (χ4v) is 7.24. The number of amides is 2. The van der Waals surface area contributed by atoms with Gasteiger partial charge in [-0.25, -0.2) is 0 Å². The van der Waals surface area contributed by atoms with Gasteiger partial charge >= 0.3 is 5.97 Å². The highest BCUT2D eigenvalue weighted by molar-refractivity contribution is 9.09. The van der Waals surface area contributed by atoms with Gasteiger partial charge in [0.05, 0.1) is 31.2 Å². The number of carbonyl (C=O) groups excluding carboxylic acids is 3. The quantitative estimate of drug-likeness (QED) is 0.245. The molecule has 0 radical (unpaired) electrons. The number of anilines is 2. The maximum absolute atomic E-state index is 14.3. The molecule has 3 heterocycles. The normalized spacial score (nSPS) is 29.8. The lowest BCUT2D eigenvalue weighted by Crippen LogP contribution is -2.57. The van der Waals surface area contributed by atoms with Gasteiger partial charge in [0.15, 0.2) is 0 Å². The van der Waals surface area contributed by atoms with Crippen LogP contribution in [0.25, 0.3) is 0 Å². The molecule has 1 aromatic rings. The van der Waals surface area contributed by atoms with Gasteiger partial charge in [-0.05, 0) is 51.5 Å². The highest BCUT2D eigenvalue weighted by atomic mass is 79.9. The van der Waals surface area contributed by atoms with E-state index in [1.165, 1.54) is 4.90 Å². The van der Waals surface area contributed by atoms with Crippen molar-refractivity contribution in [2.24, 2.45) is 11.8 Å². The summed E-state index contributed by atoms with van der Waals surface area (Å²) in [5, 5.41) is 9.79. The number of aliphatic hydroxyl groups excluding tert-OH is 1. The topological polar surface area (TPSA) is 99.6 Å². The van der Waals surface area contributed by atoms with Crippen molar-refractivity contribution in [3.05, 3.63) is 36.9 Å². The van der Waals surface area contributed by atoms with Crippen LogP contribution in [0.5, 0.6) is 0 Å². The van der Waals surface area contributed by atoms with Gasteiger partial charge in [-0.3, -0.25) is 14.4 Å². The van der Waals surface area contributed by atoms with Crippen LogP contribution in [-0.2, 0) is 23.9 Å². The molecule has 6 atom stereocenters. The summed E-state index contributed by atoms with van der Waals surface area (Å²) in [7, 11) is 0. The predicted molar refractivity (Wildman–Crippen MR) is 144 cm³/mol. The molecule has 9 nitrogen and oxygen atoms in total. The van der Waals surface area contributed by atoms with Crippen LogP contribution in [0.15, 0.2) is 36.9 Å². The van der Waals surface area contributed by atoms with Crippen LogP contribution in [0.4, 0.5) is 11.4 Å². The maximum atomic E-state index is 14.3.